The van der Waals surface area contributed by atoms with Crippen LogP contribution in [0.25, 0.3) is 5.69 Å². The first-order chi connectivity index (χ1) is 10.0. The van der Waals surface area contributed by atoms with Crippen molar-refractivity contribution < 1.29 is 5.11 Å². The maximum atomic E-state index is 10.0. The van der Waals surface area contributed by atoms with Gasteiger partial charge in [-0.2, -0.15) is 5.10 Å². The van der Waals surface area contributed by atoms with Crippen LogP contribution in [0.2, 0.25) is 5.15 Å². The highest BCUT2D eigenvalue weighted by Gasteiger charge is 2.28. The van der Waals surface area contributed by atoms with Crippen LogP contribution in [-0.2, 0) is 0 Å². The Bertz CT molecular complexity index is 602. The molecule has 0 radical (unpaired) electrons. The molecule has 2 N–H and O–H groups in total. The molecule has 0 saturated heterocycles. The SMILES string of the molecule is CC1(O)CCC(Nc2cc(Cl)ncc2-n2cccn2)CC1. The van der Waals surface area contributed by atoms with Gasteiger partial charge in [-0.3, -0.25) is 0 Å². The Morgan fingerprint density at radius 3 is 2.86 bits per heavy atom. The number of aromatic nitrogens is 3. The maximum Gasteiger partial charge on any atom is 0.131 e. The Hall–Kier alpha value is -1.59. The van der Waals surface area contributed by atoms with Gasteiger partial charge in [0.1, 0.15) is 10.8 Å². The molecular formula is C15H19ClN4O. The fourth-order valence-corrected chi connectivity index (χ4v) is 2.89. The van der Waals surface area contributed by atoms with Crippen LogP contribution in [0, 0.1) is 0 Å². The average Bonchev–Trinajstić information content (AvgIpc) is 2.95. The molecule has 2 aromatic rings. The molecule has 0 aliphatic heterocycles. The molecule has 1 aliphatic carbocycles. The van der Waals surface area contributed by atoms with Crippen molar-refractivity contribution in [3.8, 4) is 5.69 Å². The van der Waals surface area contributed by atoms with Gasteiger partial charge in [0.05, 0.1) is 17.5 Å². The van der Waals surface area contributed by atoms with Crippen molar-refractivity contribution in [2.75, 3.05) is 5.32 Å². The second-order valence-electron chi connectivity index (χ2n) is 5.89. The lowest BCUT2D eigenvalue weighted by Crippen LogP contribution is -2.35. The van der Waals surface area contributed by atoms with E-state index in [1.54, 1.807) is 17.1 Å². The summed E-state index contributed by atoms with van der Waals surface area (Å²) in [5.41, 5.74) is 1.27. The van der Waals surface area contributed by atoms with Crippen LogP contribution in [0.4, 0.5) is 5.69 Å². The summed E-state index contributed by atoms with van der Waals surface area (Å²) in [6.07, 6.45) is 8.81. The molecule has 3 rings (SSSR count). The number of anilines is 1. The standard InChI is InChI=1S/C15H19ClN4O/c1-15(21)5-3-11(4-6-15)19-12-9-14(16)17-10-13(12)20-8-2-7-18-20/h2,7-11,21H,3-6H2,1H3,(H,17,19). The number of nitrogens with zero attached hydrogens (tertiary/aromatic N) is 3. The third-order valence-electron chi connectivity index (χ3n) is 4.02. The van der Waals surface area contributed by atoms with Gasteiger partial charge >= 0.3 is 0 Å². The van der Waals surface area contributed by atoms with Gasteiger partial charge in [-0.25, -0.2) is 9.67 Å². The molecule has 112 valence electrons. The van der Waals surface area contributed by atoms with Crippen molar-refractivity contribution in [2.24, 2.45) is 0 Å². The fraction of sp³-hybridized carbons (Fsp3) is 0.467. The van der Waals surface area contributed by atoms with Crippen LogP contribution >= 0.6 is 11.6 Å². The summed E-state index contributed by atoms with van der Waals surface area (Å²) in [7, 11) is 0. The van der Waals surface area contributed by atoms with Crippen LogP contribution in [0.1, 0.15) is 32.6 Å². The van der Waals surface area contributed by atoms with E-state index in [2.05, 4.69) is 15.4 Å². The number of nitrogens with one attached hydrogen (secondary N) is 1. The largest absolute Gasteiger partial charge is 0.390 e. The van der Waals surface area contributed by atoms with E-state index in [1.165, 1.54) is 0 Å². The summed E-state index contributed by atoms with van der Waals surface area (Å²) in [5.74, 6) is 0. The molecule has 1 saturated carbocycles. The normalized spacial score (nSPS) is 25.8. The average molecular weight is 307 g/mol. The molecule has 1 fully saturated rings. The third kappa shape index (κ3) is 3.36. The molecule has 0 amide bonds. The zero-order chi connectivity index (χ0) is 14.9. The zero-order valence-electron chi connectivity index (χ0n) is 12.0. The predicted molar refractivity (Wildman–Crippen MR) is 82.9 cm³/mol. The maximum absolute atomic E-state index is 10.0. The molecule has 1 aliphatic rings. The summed E-state index contributed by atoms with van der Waals surface area (Å²) < 4.78 is 1.77. The monoisotopic (exact) mass is 306 g/mol. The van der Waals surface area contributed by atoms with Crippen LogP contribution in [0.15, 0.2) is 30.7 Å². The fourth-order valence-electron chi connectivity index (χ4n) is 2.74. The van der Waals surface area contributed by atoms with Crippen molar-refractivity contribution in [1.29, 1.82) is 0 Å². The quantitative estimate of drug-likeness (QED) is 0.856. The van der Waals surface area contributed by atoms with Gasteiger partial charge in [0.15, 0.2) is 0 Å². The molecule has 0 aromatic carbocycles. The van der Waals surface area contributed by atoms with Crippen molar-refractivity contribution in [3.63, 3.8) is 0 Å². The topological polar surface area (TPSA) is 63.0 Å². The molecule has 0 spiro atoms. The number of halogens is 1. The molecule has 21 heavy (non-hydrogen) atoms. The van der Waals surface area contributed by atoms with Gasteiger partial charge in [0.2, 0.25) is 0 Å². The number of rotatable bonds is 3. The van der Waals surface area contributed by atoms with E-state index in [9.17, 15) is 5.11 Å². The molecule has 6 heteroatoms. The van der Waals surface area contributed by atoms with E-state index in [1.807, 2.05) is 25.3 Å². The van der Waals surface area contributed by atoms with Crippen molar-refractivity contribution in [2.45, 2.75) is 44.2 Å². The number of pyridine rings is 1. The van der Waals surface area contributed by atoms with Crippen LogP contribution in [0.3, 0.4) is 0 Å². The van der Waals surface area contributed by atoms with Gasteiger partial charge in [0, 0.05) is 24.5 Å². The molecule has 0 atom stereocenters. The number of hydrogen-bond donors (Lipinski definition) is 2. The first-order valence-electron chi connectivity index (χ1n) is 7.18. The minimum absolute atomic E-state index is 0.331. The minimum Gasteiger partial charge on any atom is -0.390 e. The highest BCUT2D eigenvalue weighted by molar-refractivity contribution is 6.29. The molecule has 0 bridgehead atoms. The predicted octanol–water partition coefficient (Wildman–Crippen LogP) is 3.03. The van der Waals surface area contributed by atoms with E-state index < -0.39 is 5.60 Å². The first kappa shape index (κ1) is 14.4. The number of hydrogen-bond acceptors (Lipinski definition) is 4. The Kier molecular flexibility index (Phi) is 3.87. The van der Waals surface area contributed by atoms with Crippen molar-refractivity contribution in [3.05, 3.63) is 35.9 Å². The van der Waals surface area contributed by atoms with Gasteiger partial charge in [0.25, 0.3) is 0 Å². The molecule has 2 aromatic heterocycles. The van der Waals surface area contributed by atoms with E-state index in [4.69, 9.17) is 11.6 Å². The lowest BCUT2D eigenvalue weighted by molar-refractivity contribution is 0.0196. The lowest BCUT2D eigenvalue weighted by Gasteiger charge is -2.34. The van der Waals surface area contributed by atoms with Crippen molar-refractivity contribution >= 4 is 17.3 Å². The summed E-state index contributed by atoms with van der Waals surface area (Å²) >= 11 is 6.02. The first-order valence-corrected chi connectivity index (χ1v) is 7.56. The van der Waals surface area contributed by atoms with E-state index in [-0.39, 0.29) is 0 Å². The highest BCUT2D eigenvalue weighted by Crippen LogP contribution is 2.31. The highest BCUT2D eigenvalue weighted by atomic mass is 35.5. The molecule has 2 heterocycles. The second kappa shape index (κ2) is 5.66. The second-order valence-corrected chi connectivity index (χ2v) is 6.28. The molecule has 5 nitrogen and oxygen atoms in total. The Morgan fingerprint density at radius 2 is 2.19 bits per heavy atom. The Labute approximate surface area is 129 Å². The minimum atomic E-state index is -0.529. The zero-order valence-corrected chi connectivity index (χ0v) is 12.7. The van der Waals surface area contributed by atoms with Gasteiger partial charge in [-0.15, -0.1) is 0 Å². The number of aliphatic hydroxyl groups is 1. The van der Waals surface area contributed by atoms with Crippen LogP contribution in [-0.4, -0.2) is 31.5 Å². The Morgan fingerprint density at radius 1 is 1.43 bits per heavy atom. The Balaban J connectivity index is 1.80. The lowest BCUT2D eigenvalue weighted by atomic mass is 9.83. The summed E-state index contributed by atoms with van der Waals surface area (Å²) in [6, 6.07) is 4.03. The van der Waals surface area contributed by atoms with E-state index in [0.29, 0.717) is 11.2 Å². The van der Waals surface area contributed by atoms with Crippen LogP contribution in [0.5, 0.6) is 0 Å². The van der Waals surface area contributed by atoms with Gasteiger partial charge in [-0.05, 0) is 38.7 Å². The van der Waals surface area contributed by atoms with Crippen molar-refractivity contribution in [1.82, 2.24) is 14.8 Å². The summed E-state index contributed by atoms with van der Waals surface area (Å²) in [5, 5.41) is 18.3. The van der Waals surface area contributed by atoms with Gasteiger partial charge in [-0.1, -0.05) is 11.6 Å². The van der Waals surface area contributed by atoms with Crippen LogP contribution < -0.4 is 5.32 Å². The van der Waals surface area contributed by atoms with E-state index >= 15 is 0 Å². The summed E-state index contributed by atoms with van der Waals surface area (Å²) in [4.78, 5) is 4.14. The summed E-state index contributed by atoms with van der Waals surface area (Å²) in [6.45, 7) is 1.90. The molecule has 0 unspecified atom stereocenters. The van der Waals surface area contributed by atoms with Gasteiger partial charge < -0.3 is 10.4 Å². The smallest absolute Gasteiger partial charge is 0.131 e. The molecular weight excluding hydrogens is 288 g/mol. The third-order valence-corrected chi connectivity index (χ3v) is 4.23. The van der Waals surface area contributed by atoms with E-state index in [0.717, 1.165) is 37.1 Å².